The highest BCUT2D eigenvalue weighted by atomic mass is 16.3. The normalized spacial score (nSPS) is 26.2. The summed E-state index contributed by atoms with van der Waals surface area (Å²) in [4.78, 5) is 4.00. The van der Waals surface area contributed by atoms with E-state index in [0.717, 1.165) is 30.4 Å². The zero-order valence-electron chi connectivity index (χ0n) is 13.2. The smallest absolute Gasteiger partial charge is 0.137 e. The van der Waals surface area contributed by atoms with Gasteiger partial charge in [-0.15, -0.1) is 0 Å². The van der Waals surface area contributed by atoms with Crippen molar-refractivity contribution in [3.05, 3.63) is 54.1 Å². The number of nitrogens with zero attached hydrogens (tertiary/aromatic N) is 3. The van der Waals surface area contributed by atoms with Crippen molar-refractivity contribution in [1.82, 2.24) is 14.8 Å². The predicted molar refractivity (Wildman–Crippen MR) is 87.0 cm³/mol. The Kier molecular flexibility index (Phi) is 3.87. The second-order valence-corrected chi connectivity index (χ2v) is 6.77. The highest BCUT2D eigenvalue weighted by Gasteiger charge is 2.48. The van der Waals surface area contributed by atoms with Gasteiger partial charge >= 0.3 is 0 Å². The van der Waals surface area contributed by atoms with E-state index in [4.69, 9.17) is 0 Å². The van der Waals surface area contributed by atoms with Crippen molar-refractivity contribution >= 4 is 6.08 Å². The molecule has 1 heterocycles. The van der Waals surface area contributed by atoms with Crippen LogP contribution in [0.2, 0.25) is 0 Å². The van der Waals surface area contributed by atoms with Gasteiger partial charge in [0.2, 0.25) is 0 Å². The Balaban J connectivity index is 2.00. The predicted octanol–water partition coefficient (Wildman–Crippen LogP) is 3.30. The Labute approximate surface area is 131 Å². The van der Waals surface area contributed by atoms with E-state index < -0.39 is 5.60 Å². The number of hydrogen-bond donors (Lipinski definition) is 1. The Hall–Kier alpha value is -1.94. The van der Waals surface area contributed by atoms with Gasteiger partial charge in [-0.2, -0.15) is 5.10 Å². The maximum Gasteiger partial charge on any atom is 0.137 e. The molecule has 0 radical (unpaired) electrons. The minimum atomic E-state index is -0.908. The van der Waals surface area contributed by atoms with Crippen LogP contribution < -0.4 is 0 Å². The lowest BCUT2D eigenvalue weighted by Crippen LogP contribution is -2.52. The number of rotatable bonds is 3. The van der Waals surface area contributed by atoms with Crippen LogP contribution in [-0.2, 0) is 6.54 Å². The van der Waals surface area contributed by atoms with Crippen LogP contribution in [0.1, 0.15) is 38.7 Å². The molecule has 4 nitrogen and oxygen atoms in total. The maximum atomic E-state index is 11.5. The van der Waals surface area contributed by atoms with Crippen molar-refractivity contribution in [2.75, 3.05) is 0 Å². The second kappa shape index (κ2) is 5.69. The van der Waals surface area contributed by atoms with Gasteiger partial charge in [0.25, 0.3) is 0 Å². The highest BCUT2D eigenvalue weighted by Crippen LogP contribution is 2.48. The zero-order chi connectivity index (χ0) is 15.6. The lowest BCUT2D eigenvalue weighted by atomic mass is 9.62. The van der Waals surface area contributed by atoms with Gasteiger partial charge in [0.1, 0.15) is 18.3 Å². The third kappa shape index (κ3) is 2.71. The Morgan fingerprint density at radius 3 is 2.73 bits per heavy atom. The Morgan fingerprint density at radius 2 is 2.05 bits per heavy atom. The Morgan fingerprint density at radius 1 is 1.27 bits per heavy atom. The fourth-order valence-electron chi connectivity index (χ4n) is 3.38. The first-order valence-electron chi connectivity index (χ1n) is 7.82. The molecule has 3 rings (SSSR count). The fourth-order valence-corrected chi connectivity index (χ4v) is 3.38. The molecule has 0 aliphatic heterocycles. The molecule has 1 aromatic heterocycles. The molecule has 116 valence electrons. The quantitative estimate of drug-likeness (QED) is 0.945. The average Bonchev–Trinajstić information content (AvgIpc) is 2.98. The summed E-state index contributed by atoms with van der Waals surface area (Å²) >= 11 is 0. The third-order valence-corrected chi connectivity index (χ3v) is 4.90. The molecule has 1 saturated carbocycles. The summed E-state index contributed by atoms with van der Waals surface area (Å²) in [6.07, 6.45) is 8.35. The van der Waals surface area contributed by atoms with E-state index in [0.29, 0.717) is 6.54 Å². The standard InChI is InChI=1S/C18H23N3O/c1-17(2)10-6-9-16(11-15-7-4-3-5-8-15)18(17,22)12-21-14-19-13-20-21/h3-5,7-8,11,13-14,22H,6,9-10,12H2,1-2H3/b16-11-. The van der Waals surface area contributed by atoms with Crippen molar-refractivity contribution in [2.24, 2.45) is 5.41 Å². The van der Waals surface area contributed by atoms with Crippen molar-refractivity contribution in [1.29, 1.82) is 0 Å². The summed E-state index contributed by atoms with van der Waals surface area (Å²) in [7, 11) is 0. The van der Waals surface area contributed by atoms with E-state index in [1.165, 1.54) is 6.33 Å². The van der Waals surface area contributed by atoms with Gasteiger partial charge in [-0.3, -0.25) is 0 Å². The number of hydrogen-bond acceptors (Lipinski definition) is 3. The van der Waals surface area contributed by atoms with Crippen LogP contribution >= 0.6 is 0 Å². The van der Waals surface area contributed by atoms with E-state index in [9.17, 15) is 5.11 Å². The molecule has 0 saturated heterocycles. The molecule has 0 amide bonds. The van der Waals surface area contributed by atoms with Crippen molar-refractivity contribution in [2.45, 2.75) is 45.3 Å². The lowest BCUT2D eigenvalue weighted by molar-refractivity contribution is -0.0692. The molecule has 1 aromatic carbocycles. The molecule has 1 N–H and O–H groups in total. The van der Waals surface area contributed by atoms with Crippen LogP contribution in [0.4, 0.5) is 0 Å². The van der Waals surface area contributed by atoms with E-state index in [2.05, 4.69) is 42.1 Å². The maximum absolute atomic E-state index is 11.5. The molecule has 2 aromatic rings. The summed E-state index contributed by atoms with van der Waals surface area (Å²) in [5, 5.41) is 15.7. The van der Waals surface area contributed by atoms with Gasteiger partial charge in [-0.05, 0) is 35.8 Å². The van der Waals surface area contributed by atoms with Gasteiger partial charge in [-0.25, -0.2) is 9.67 Å². The third-order valence-electron chi connectivity index (χ3n) is 4.90. The van der Waals surface area contributed by atoms with Crippen molar-refractivity contribution in [3.8, 4) is 0 Å². The summed E-state index contributed by atoms with van der Waals surface area (Å²) < 4.78 is 1.73. The van der Waals surface area contributed by atoms with Crippen LogP contribution in [0.15, 0.2) is 48.6 Å². The molecule has 0 bridgehead atoms. The SMILES string of the molecule is CC1(C)CCC/C(=C/c2ccccc2)C1(O)Cn1cncn1. The van der Waals surface area contributed by atoms with E-state index in [1.807, 2.05) is 18.2 Å². The van der Waals surface area contributed by atoms with Crippen LogP contribution in [0.25, 0.3) is 6.08 Å². The Bertz CT molecular complexity index is 646. The molecular formula is C18H23N3O. The molecule has 1 aliphatic rings. The lowest BCUT2D eigenvalue weighted by Gasteiger charge is -2.48. The highest BCUT2D eigenvalue weighted by molar-refractivity contribution is 5.56. The molecule has 1 atom stereocenters. The summed E-state index contributed by atoms with van der Waals surface area (Å²) in [6, 6.07) is 10.2. The van der Waals surface area contributed by atoms with Gasteiger partial charge < -0.3 is 5.11 Å². The first-order valence-corrected chi connectivity index (χ1v) is 7.82. The average molecular weight is 297 g/mol. The van der Waals surface area contributed by atoms with Crippen LogP contribution in [0, 0.1) is 5.41 Å². The van der Waals surface area contributed by atoms with Crippen molar-refractivity contribution in [3.63, 3.8) is 0 Å². The molecule has 0 spiro atoms. The largest absolute Gasteiger partial charge is 0.383 e. The molecule has 22 heavy (non-hydrogen) atoms. The van der Waals surface area contributed by atoms with Gasteiger partial charge in [0, 0.05) is 0 Å². The second-order valence-electron chi connectivity index (χ2n) is 6.77. The molecular weight excluding hydrogens is 274 g/mol. The fraction of sp³-hybridized carbons (Fsp3) is 0.444. The van der Waals surface area contributed by atoms with Crippen LogP contribution in [0.3, 0.4) is 0 Å². The molecule has 1 fully saturated rings. The minimum Gasteiger partial charge on any atom is -0.383 e. The van der Waals surface area contributed by atoms with Gasteiger partial charge in [0.05, 0.1) is 6.54 Å². The van der Waals surface area contributed by atoms with E-state index in [-0.39, 0.29) is 5.41 Å². The van der Waals surface area contributed by atoms with Crippen LogP contribution in [-0.4, -0.2) is 25.5 Å². The van der Waals surface area contributed by atoms with Gasteiger partial charge in [0.15, 0.2) is 0 Å². The zero-order valence-corrected chi connectivity index (χ0v) is 13.2. The van der Waals surface area contributed by atoms with Gasteiger partial charge in [-0.1, -0.05) is 50.3 Å². The summed E-state index contributed by atoms with van der Waals surface area (Å²) in [6.45, 7) is 4.72. The topological polar surface area (TPSA) is 50.9 Å². The van der Waals surface area contributed by atoms with Crippen LogP contribution in [0.5, 0.6) is 0 Å². The summed E-state index contributed by atoms with van der Waals surface area (Å²) in [5.41, 5.74) is 1.12. The summed E-state index contributed by atoms with van der Waals surface area (Å²) in [5.74, 6) is 0. The number of benzene rings is 1. The first-order chi connectivity index (χ1) is 10.5. The molecule has 1 aliphatic carbocycles. The molecule has 4 heteroatoms. The minimum absolute atomic E-state index is 0.197. The van der Waals surface area contributed by atoms with E-state index >= 15 is 0 Å². The van der Waals surface area contributed by atoms with Crippen molar-refractivity contribution < 1.29 is 5.11 Å². The first kappa shape index (κ1) is 15.0. The number of aliphatic hydroxyl groups is 1. The monoisotopic (exact) mass is 297 g/mol. The molecule has 1 unspecified atom stereocenters. The number of aromatic nitrogens is 3. The van der Waals surface area contributed by atoms with E-state index in [1.54, 1.807) is 11.0 Å².